The van der Waals surface area contributed by atoms with Crippen LogP contribution in [-0.2, 0) is 13.0 Å². The van der Waals surface area contributed by atoms with Crippen LogP contribution in [0.25, 0.3) is 22.2 Å². The van der Waals surface area contributed by atoms with Gasteiger partial charge in [-0.1, -0.05) is 49.4 Å². The topological polar surface area (TPSA) is 75.7 Å². The summed E-state index contributed by atoms with van der Waals surface area (Å²) >= 11 is 0. The lowest BCUT2D eigenvalue weighted by Crippen LogP contribution is -2.25. The second-order valence-electron chi connectivity index (χ2n) is 7.65. The van der Waals surface area contributed by atoms with Crippen molar-refractivity contribution in [2.45, 2.75) is 19.9 Å². The molecule has 0 saturated heterocycles. The van der Waals surface area contributed by atoms with Crippen LogP contribution < -0.4 is 16.1 Å². The highest BCUT2D eigenvalue weighted by atomic mass is 16.4. The molecule has 4 rings (SSSR count). The van der Waals surface area contributed by atoms with Gasteiger partial charge in [-0.2, -0.15) is 0 Å². The molecule has 158 valence electrons. The minimum atomic E-state index is -0.686. The third-order valence-corrected chi connectivity index (χ3v) is 5.42. The number of nitrogens with zero attached hydrogens (tertiary/aromatic N) is 2. The van der Waals surface area contributed by atoms with Gasteiger partial charge in [0.1, 0.15) is 11.1 Å². The number of benzene rings is 2. The van der Waals surface area contributed by atoms with E-state index >= 15 is 0 Å². The Bertz CT molecular complexity index is 1350. The molecule has 1 N–H and O–H groups in total. The van der Waals surface area contributed by atoms with E-state index in [1.807, 2.05) is 80.5 Å². The number of hydrogen-bond acceptors (Lipinski definition) is 5. The zero-order valence-electron chi connectivity index (χ0n) is 17.8. The van der Waals surface area contributed by atoms with Crippen LogP contribution in [0.15, 0.2) is 74.7 Å². The monoisotopic (exact) mass is 416 g/mol. The highest BCUT2D eigenvalue weighted by Crippen LogP contribution is 2.32. The maximum absolute atomic E-state index is 13.5. The summed E-state index contributed by atoms with van der Waals surface area (Å²) in [7, 11) is 3.93. The van der Waals surface area contributed by atoms with Crippen LogP contribution in [0.4, 0.5) is 5.69 Å². The first-order chi connectivity index (χ1) is 14.9. The van der Waals surface area contributed by atoms with Crippen molar-refractivity contribution in [2.24, 2.45) is 0 Å². The van der Waals surface area contributed by atoms with E-state index in [2.05, 4.69) is 0 Å². The van der Waals surface area contributed by atoms with E-state index in [1.54, 1.807) is 4.57 Å². The van der Waals surface area contributed by atoms with E-state index in [4.69, 9.17) is 4.42 Å². The second-order valence-corrected chi connectivity index (χ2v) is 7.65. The van der Waals surface area contributed by atoms with Crippen molar-refractivity contribution < 1.29 is 9.52 Å². The summed E-state index contributed by atoms with van der Waals surface area (Å²) in [5.74, 6) is -0.359. The summed E-state index contributed by atoms with van der Waals surface area (Å²) in [6.07, 6.45) is 0.517. The summed E-state index contributed by atoms with van der Waals surface area (Å²) in [6.45, 7) is 2.26. The van der Waals surface area contributed by atoms with Crippen molar-refractivity contribution in [2.75, 3.05) is 19.0 Å². The fourth-order valence-electron chi connectivity index (χ4n) is 3.90. The first-order valence-corrected chi connectivity index (χ1v) is 10.1. The van der Waals surface area contributed by atoms with Crippen molar-refractivity contribution in [3.05, 3.63) is 92.6 Å². The highest BCUT2D eigenvalue weighted by Gasteiger charge is 2.22. The highest BCUT2D eigenvalue weighted by molar-refractivity contribution is 5.89. The molecule has 31 heavy (non-hydrogen) atoms. The molecule has 0 bridgehead atoms. The largest absolute Gasteiger partial charge is 0.507 e. The van der Waals surface area contributed by atoms with Crippen LogP contribution in [0.3, 0.4) is 0 Å². The summed E-state index contributed by atoms with van der Waals surface area (Å²) in [5, 5.41) is 10.5. The molecule has 4 aromatic rings. The van der Waals surface area contributed by atoms with Crippen LogP contribution in [-0.4, -0.2) is 23.8 Å². The van der Waals surface area contributed by atoms with Crippen LogP contribution in [0.2, 0.25) is 0 Å². The Balaban J connectivity index is 2.09. The maximum Gasteiger partial charge on any atom is 0.339 e. The lowest BCUT2D eigenvalue weighted by atomic mass is 9.99. The fourth-order valence-corrected chi connectivity index (χ4v) is 3.90. The molecule has 0 spiro atoms. The number of aryl methyl sites for hydroxylation is 1. The number of aromatic hydroxyl groups is 1. The van der Waals surface area contributed by atoms with E-state index < -0.39 is 11.2 Å². The van der Waals surface area contributed by atoms with Gasteiger partial charge in [0.05, 0.1) is 18.3 Å². The van der Waals surface area contributed by atoms with Crippen LogP contribution >= 0.6 is 0 Å². The molecule has 0 aliphatic carbocycles. The van der Waals surface area contributed by atoms with Gasteiger partial charge < -0.3 is 19.0 Å². The first kappa shape index (κ1) is 20.5. The number of hydrogen-bond donors (Lipinski definition) is 1. The standard InChI is InChI=1S/C25H24N2O4/c1-4-19-23(17-10-12-18(13-11-17)26(2)3)27(15-16-8-6-5-7-9-16)25(30)22-20(28)14-21(29)31-24(19)22/h5-14,28H,4,15H2,1-3H3. The minimum absolute atomic E-state index is 0.0287. The lowest BCUT2D eigenvalue weighted by Gasteiger charge is -2.20. The molecule has 0 atom stereocenters. The van der Waals surface area contributed by atoms with Gasteiger partial charge in [0.2, 0.25) is 0 Å². The van der Waals surface area contributed by atoms with Gasteiger partial charge in [-0.15, -0.1) is 0 Å². The van der Waals surface area contributed by atoms with Gasteiger partial charge in [0, 0.05) is 25.3 Å². The van der Waals surface area contributed by atoms with Gasteiger partial charge >= 0.3 is 5.63 Å². The molecule has 0 aliphatic heterocycles. The van der Waals surface area contributed by atoms with Gasteiger partial charge in [-0.3, -0.25) is 4.79 Å². The molecule has 0 radical (unpaired) electrons. The fraction of sp³-hybridized carbons (Fsp3) is 0.200. The van der Waals surface area contributed by atoms with E-state index in [1.165, 1.54) is 0 Å². The molecule has 0 amide bonds. The predicted octanol–water partition coefficient (Wildman–Crippen LogP) is 4.00. The van der Waals surface area contributed by atoms with Crippen LogP contribution in [0, 0.1) is 0 Å². The maximum atomic E-state index is 13.5. The first-order valence-electron chi connectivity index (χ1n) is 10.1. The molecular formula is C25H24N2O4. The Morgan fingerprint density at radius 1 is 1.00 bits per heavy atom. The molecular weight excluding hydrogens is 392 g/mol. The van der Waals surface area contributed by atoms with Crippen molar-refractivity contribution in [1.29, 1.82) is 0 Å². The van der Waals surface area contributed by atoms with Gasteiger partial charge in [-0.05, 0) is 29.7 Å². The predicted molar refractivity (Wildman–Crippen MR) is 123 cm³/mol. The summed E-state index contributed by atoms with van der Waals surface area (Å²) in [4.78, 5) is 27.5. The number of fused-ring (bicyclic) bond motifs is 1. The zero-order valence-corrected chi connectivity index (χ0v) is 17.8. The van der Waals surface area contributed by atoms with E-state index in [0.717, 1.165) is 22.9 Å². The van der Waals surface area contributed by atoms with Crippen LogP contribution in [0.5, 0.6) is 5.75 Å². The molecule has 6 nitrogen and oxygen atoms in total. The molecule has 6 heteroatoms. The third-order valence-electron chi connectivity index (χ3n) is 5.42. The molecule has 2 aromatic carbocycles. The van der Waals surface area contributed by atoms with Crippen molar-refractivity contribution in [3.8, 4) is 17.0 Å². The summed E-state index contributed by atoms with van der Waals surface area (Å²) in [5.41, 5.74) is 3.27. The quantitative estimate of drug-likeness (QED) is 0.532. The zero-order chi connectivity index (χ0) is 22.1. The SMILES string of the molecule is CCc1c(-c2ccc(N(C)C)cc2)n(Cc2ccccc2)c(=O)c2c(O)cc(=O)oc12. The Morgan fingerprint density at radius 3 is 2.29 bits per heavy atom. The minimum Gasteiger partial charge on any atom is -0.507 e. The summed E-state index contributed by atoms with van der Waals surface area (Å²) in [6, 6.07) is 18.5. The average molecular weight is 416 g/mol. The summed E-state index contributed by atoms with van der Waals surface area (Å²) < 4.78 is 7.09. The van der Waals surface area contributed by atoms with Crippen molar-refractivity contribution >= 4 is 16.7 Å². The Labute approximate surface area is 179 Å². The smallest absolute Gasteiger partial charge is 0.339 e. The van der Waals surface area contributed by atoms with Gasteiger partial charge in [-0.25, -0.2) is 4.79 Å². The third kappa shape index (κ3) is 3.72. The van der Waals surface area contributed by atoms with Crippen molar-refractivity contribution in [1.82, 2.24) is 4.57 Å². The average Bonchev–Trinajstić information content (AvgIpc) is 2.75. The molecule has 0 unspecified atom stereocenters. The second kappa shape index (κ2) is 8.14. The molecule has 2 aromatic heterocycles. The normalized spacial score (nSPS) is 11.1. The number of anilines is 1. The van der Waals surface area contributed by atoms with Gasteiger partial charge in [0.25, 0.3) is 5.56 Å². The molecule has 0 aliphatic rings. The number of aromatic nitrogens is 1. The van der Waals surface area contributed by atoms with E-state index in [9.17, 15) is 14.7 Å². The molecule has 0 fully saturated rings. The van der Waals surface area contributed by atoms with E-state index in [0.29, 0.717) is 24.2 Å². The van der Waals surface area contributed by atoms with Crippen molar-refractivity contribution in [3.63, 3.8) is 0 Å². The molecule has 2 heterocycles. The Morgan fingerprint density at radius 2 is 1.68 bits per heavy atom. The Kier molecular flexibility index (Phi) is 5.38. The Hall–Kier alpha value is -3.80. The van der Waals surface area contributed by atoms with Crippen LogP contribution in [0.1, 0.15) is 18.1 Å². The van der Waals surface area contributed by atoms with E-state index in [-0.39, 0.29) is 16.7 Å². The van der Waals surface area contributed by atoms with Gasteiger partial charge in [0.15, 0.2) is 5.58 Å². The molecule has 0 saturated carbocycles. The lowest BCUT2D eigenvalue weighted by molar-refractivity contribution is 0.466. The number of pyridine rings is 1. The number of rotatable bonds is 5.